The average Bonchev–Trinajstić information content (AvgIpc) is 2.40. The lowest BCUT2D eigenvalue weighted by molar-refractivity contribution is -0.131. The van der Waals surface area contributed by atoms with Gasteiger partial charge in [0, 0.05) is 0 Å². The van der Waals surface area contributed by atoms with E-state index >= 15 is 0 Å². The van der Waals surface area contributed by atoms with Crippen molar-refractivity contribution in [3.8, 4) is 0 Å². The largest absolute Gasteiger partial charge is 0.477 e. The summed E-state index contributed by atoms with van der Waals surface area (Å²) in [5.74, 6) is -1.72. The molecule has 1 heterocycles. The number of nitrogens with zero attached hydrogens (tertiary/aromatic N) is 1. The van der Waals surface area contributed by atoms with Crippen LogP contribution in [0.3, 0.4) is 0 Å². The Morgan fingerprint density at radius 1 is 1.44 bits per heavy atom. The van der Waals surface area contributed by atoms with E-state index in [-0.39, 0.29) is 0 Å². The van der Waals surface area contributed by atoms with Gasteiger partial charge in [-0.15, -0.1) is 0 Å². The van der Waals surface area contributed by atoms with E-state index in [0.717, 1.165) is 0 Å². The minimum absolute atomic E-state index is 0.535. The Bertz CT molecular complexity index is 593. The molecule has 9 heteroatoms. The fourth-order valence-electron chi connectivity index (χ4n) is 0.942. The highest BCUT2D eigenvalue weighted by atomic mass is 32.3. The monoisotopic (exact) mass is 267 g/mol. The summed E-state index contributed by atoms with van der Waals surface area (Å²) in [6.07, 6.45) is 0.535. The predicted molar refractivity (Wildman–Crippen MR) is 56.1 cm³/mol. The van der Waals surface area contributed by atoms with Gasteiger partial charge in [-0.2, -0.15) is 0 Å². The molecule has 1 aliphatic rings. The summed E-state index contributed by atoms with van der Waals surface area (Å²) in [5, 5.41) is 7.57. The summed E-state index contributed by atoms with van der Waals surface area (Å²) in [4.78, 5) is 12.7. The first-order valence-electron chi connectivity index (χ1n) is 4.12. The van der Waals surface area contributed by atoms with Gasteiger partial charge in [-0.25, -0.2) is 26.6 Å². The summed E-state index contributed by atoms with van der Waals surface area (Å²) in [6, 6.07) is 0. The molecule has 0 spiro atoms. The molecule has 1 N–H and O–H groups in total. The minimum atomic E-state index is -4.51. The van der Waals surface area contributed by atoms with Gasteiger partial charge in [0.15, 0.2) is 4.91 Å². The van der Waals surface area contributed by atoms with Crippen LogP contribution in [0.4, 0.5) is 0 Å². The Morgan fingerprint density at radius 3 is 2.25 bits per heavy atom. The van der Waals surface area contributed by atoms with Crippen LogP contribution in [0.1, 0.15) is 13.8 Å². The number of sulfone groups is 2. The maximum absolute atomic E-state index is 11.6. The van der Waals surface area contributed by atoms with E-state index in [1.165, 1.54) is 13.8 Å². The molecule has 1 rings (SSSR count). The van der Waals surface area contributed by atoms with Crippen molar-refractivity contribution >= 4 is 30.0 Å². The molecule has 16 heavy (non-hydrogen) atoms. The molecule has 1 aliphatic heterocycles. The molecule has 0 aromatic carbocycles. The van der Waals surface area contributed by atoms with E-state index in [0.29, 0.717) is 6.20 Å². The van der Waals surface area contributed by atoms with Gasteiger partial charge in [0.25, 0.3) is 4.38 Å². The fraction of sp³-hybridized carbons (Fsp3) is 0.429. The molecular weight excluding hydrogens is 258 g/mol. The van der Waals surface area contributed by atoms with Gasteiger partial charge < -0.3 is 5.11 Å². The van der Waals surface area contributed by atoms with Gasteiger partial charge in [0.05, 0.1) is 11.4 Å². The second-order valence-electron chi connectivity index (χ2n) is 3.29. The number of carboxylic acid groups (broad SMARTS) is 1. The van der Waals surface area contributed by atoms with Crippen molar-refractivity contribution in [2.24, 2.45) is 4.99 Å². The number of aliphatic imine (C=N–C) groups is 1. The molecule has 0 saturated carbocycles. The maximum atomic E-state index is 11.6. The first-order chi connectivity index (χ1) is 7.11. The highest BCUT2D eigenvalue weighted by Gasteiger charge is 2.43. The van der Waals surface area contributed by atoms with Crippen molar-refractivity contribution in [3.05, 3.63) is 11.1 Å². The van der Waals surface area contributed by atoms with Crippen molar-refractivity contribution in [2.75, 3.05) is 0 Å². The number of carboxylic acids is 1. The Morgan fingerprint density at radius 2 is 1.94 bits per heavy atom. The summed E-state index contributed by atoms with van der Waals surface area (Å²) < 4.78 is 45.1. The van der Waals surface area contributed by atoms with Gasteiger partial charge in [0.2, 0.25) is 19.7 Å². The molecule has 0 saturated heterocycles. The standard InChI is InChI=1S/C7H9NO6S2/c1-4(2)15(11,12)7-8-3-5(6(9)10)16(7,13)14/h3-4H,1-2H3,(H,9,10). The molecular formula is C7H9NO6S2. The van der Waals surface area contributed by atoms with Crippen molar-refractivity contribution in [1.82, 2.24) is 0 Å². The molecule has 0 atom stereocenters. The van der Waals surface area contributed by atoms with Crippen LogP contribution in [0, 0.1) is 0 Å². The third kappa shape index (κ3) is 1.76. The first-order valence-corrected chi connectivity index (χ1v) is 7.15. The highest BCUT2D eigenvalue weighted by Crippen LogP contribution is 2.22. The molecule has 0 amide bonds. The van der Waals surface area contributed by atoms with Gasteiger partial charge in [-0.1, -0.05) is 0 Å². The molecule has 0 unspecified atom stereocenters. The van der Waals surface area contributed by atoms with Crippen LogP contribution in [-0.4, -0.2) is 37.5 Å². The van der Waals surface area contributed by atoms with Crippen LogP contribution < -0.4 is 0 Å². The van der Waals surface area contributed by atoms with E-state index < -0.39 is 40.2 Å². The summed E-state index contributed by atoms with van der Waals surface area (Å²) >= 11 is 0. The van der Waals surface area contributed by atoms with Crippen LogP contribution in [-0.2, 0) is 24.5 Å². The van der Waals surface area contributed by atoms with E-state index in [4.69, 9.17) is 5.11 Å². The highest BCUT2D eigenvalue weighted by molar-refractivity contribution is 8.33. The molecule has 0 fully saturated rings. The lowest BCUT2D eigenvalue weighted by atomic mass is 10.6. The van der Waals surface area contributed by atoms with Gasteiger partial charge in [0.1, 0.15) is 0 Å². The zero-order chi connectivity index (χ0) is 12.7. The quantitative estimate of drug-likeness (QED) is 0.722. The van der Waals surface area contributed by atoms with E-state index in [1.807, 2.05) is 0 Å². The number of aliphatic carboxylic acids is 1. The van der Waals surface area contributed by atoms with E-state index in [1.54, 1.807) is 0 Å². The molecule has 0 aromatic heterocycles. The smallest absolute Gasteiger partial charge is 0.349 e. The van der Waals surface area contributed by atoms with Gasteiger partial charge in [-0.05, 0) is 13.8 Å². The number of hydrogen-bond donors (Lipinski definition) is 1. The second-order valence-corrected chi connectivity index (χ2v) is 7.80. The molecule has 90 valence electrons. The Hall–Kier alpha value is -1.22. The molecule has 0 aromatic rings. The maximum Gasteiger partial charge on any atom is 0.349 e. The number of hydrogen-bond acceptors (Lipinski definition) is 6. The van der Waals surface area contributed by atoms with Crippen molar-refractivity contribution in [3.63, 3.8) is 0 Å². The molecule has 7 nitrogen and oxygen atoms in total. The summed E-state index contributed by atoms with van der Waals surface area (Å²) in [5.41, 5.74) is 0. The lowest BCUT2D eigenvalue weighted by Crippen LogP contribution is -2.30. The van der Waals surface area contributed by atoms with Crippen LogP contribution in [0.15, 0.2) is 16.1 Å². The Balaban J connectivity index is 3.36. The van der Waals surface area contributed by atoms with Crippen molar-refractivity contribution in [2.45, 2.75) is 19.1 Å². The topological polar surface area (TPSA) is 118 Å². The van der Waals surface area contributed by atoms with Crippen molar-refractivity contribution < 1.29 is 26.7 Å². The fourth-order valence-corrected chi connectivity index (χ4v) is 4.42. The second kappa shape index (κ2) is 3.67. The van der Waals surface area contributed by atoms with Crippen molar-refractivity contribution in [1.29, 1.82) is 0 Å². The zero-order valence-electron chi connectivity index (χ0n) is 8.41. The average molecular weight is 267 g/mol. The summed E-state index contributed by atoms with van der Waals surface area (Å²) in [7, 11) is -8.61. The first kappa shape index (κ1) is 12.8. The minimum Gasteiger partial charge on any atom is -0.477 e. The van der Waals surface area contributed by atoms with Gasteiger partial charge in [-0.3, -0.25) is 0 Å². The van der Waals surface area contributed by atoms with Gasteiger partial charge >= 0.3 is 5.97 Å². The van der Waals surface area contributed by atoms with E-state index in [2.05, 4.69) is 4.99 Å². The Labute approximate surface area is 92.3 Å². The van der Waals surface area contributed by atoms with Crippen LogP contribution in [0.2, 0.25) is 0 Å². The normalized spacial score (nSPS) is 19.4. The third-order valence-electron chi connectivity index (χ3n) is 1.88. The Kier molecular flexibility index (Phi) is 2.94. The van der Waals surface area contributed by atoms with E-state index in [9.17, 15) is 21.6 Å². The lowest BCUT2D eigenvalue weighted by Gasteiger charge is -2.07. The summed E-state index contributed by atoms with van der Waals surface area (Å²) in [6.45, 7) is 2.57. The number of carbonyl (C=O) groups is 1. The molecule has 0 radical (unpaired) electrons. The third-order valence-corrected chi connectivity index (χ3v) is 6.49. The van der Waals surface area contributed by atoms with Crippen LogP contribution >= 0.6 is 0 Å². The zero-order valence-corrected chi connectivity index (χ0v) is 10.0. The number of rotatable bonds is 2. The SMILES string of the molecule is CC(C)S(=O)(=O)C1=NC=C(C(=O)O)S1(=O)=O. The predicted octanol–water partition coefficient (Wildman–Crippen LogP) is -0.480. The van der Waals surface area contributed by atoms with Crippen LogP contribution in [0.25, 0.3) is 0 Å². The van der Waals surface area contributed by atoms with Crippen LogP contribution in [0.5, 0.6) is 0 Å². The molecule has 0 bridgehead atoms. The molecule has 0 aliphatic carbocycles.